The normalized spacial score (nSPS) is 7.00. The second-order valence-electron chi connectivity index (χ2n) is 1.28. The molecule has 0 aliphatic carbocycles. The number of rotatable bonds is 2. The van der Waals surface area contributed by atoms with E-state index in [1.54, 1.807) is 6.92 Å². The first-order valence-corrected chi connectivity index (χ1v) is 3.18. The van der Waals surface area contributed by atoms with Crippen molar-refractivity contribution in [3.8, 4) is 0 Å². The Balaban J connectivity index is 0. The topological polar surface area (TPSA) is 34.1 Å². The number of hydrogen-bond acceptors (Lipinski definition) is 2. The van der Waals surface area contributed by atoms with Gasteiger partial charge in [0.2, 0.25) is 5.24 Å². The molecule has 0 aliphatic rings. The molecular formula is C6H11ClO2. The summed E-state index contributed by atoms with van der Waals surface area (Å²) in [6.07, 6.45) is 1.95. The van der Waals surface area contributed by atoms with Gasteiger partial charge >= 0.3 is 0 Å². The van der Waals surface area contributed by atoms with Crippen LogP contribution in [0.25, 0.3) is 0 Å². The van der Waals surface area contributed by atoms with Crippen LogP contribution in [-0.2, 0) is 9.59 Å². The summed E-state index contributed by atoms with van der Waals surface area (Å²) in [7, 11) is 0. The van der Waals surface area contributed by atoms with E-state index in [2.05, 4.69) is 0 Å². The second-order valence-corrected chi connectivity index (χ2v) is 1.71. The molecule has 2 nitrogen and oxygen atoms in total. The van der Waals surface area contributed by atoms with Gasteiger partial charge in [-0.25, -0.2) is 0 Å². The van der Waals surface area contributed by atoms with Crippen molar-refractivity contribution in [3.05, 3.63) is 0 Å². The fraction of sp³-hybridized carbons (Fsp3) is 0.667. The van der Waals surface area contributed by atoms with E-state index in [1.165, 1.54) is 0 Å². The molecule has 0 rings (SSSR count). The van der Waals surface area contributed by atoms with Crippen LogP contribution in [0, 0.1) is 0 Å². The van der Waals surface area contributed by atoms with E-state index in [1.807, 2.05) is 6.92 Å². The summed E-state index contributed by atoms with van der Waals surface area (Å²) in [6.45, 7) is 3.53. The van der Waals surface area contributed by atoms with Gasteiger partial charge in [0.25, 0.3) is 0 Å². The maximum atomic E-state index is 9.58. The van der Waals surface area contributed by atoms with Crippen LogP contribution in [-0.4, -0.2) is 11.5 Å². The van der Waals surface area contributed by atoms with Gasteiger partial charge in [0.05, 0.1) is 0 Å². The van der Waals surface area contributed by atoms with Crippen molar-refractivity contribution in [2.24, 2.45) is 0 Å². The Morgan fingerprint density at radius 2 is 1.78 bits per heavy atom. The lowest BCUT2D eigenvalue weighted by Gasteiger charge is -1.68. The number of carbonyl (C=O) groups is 2. The Morgan fingerprint density at radius 1 is 1.56 bits per heavy atom. The van der Waals surface area contributed by atoms with E-state index in [-0.39, 0.29) is 5.24 Å². The summed E-state index contributed by atoms with van der Waals surface area (Å²) in [5, 5.41) is -0.273. The fourth-order valence-corrected chi connectivity index (χ4v) is 0. The van der Waals surface area contributed by atoms with E-state index < -0.39 is 0 Å². The quantitative estimate of drug-likeness (QED) is 0.444. The summed E-state index contributed by atoms with van der Waals surface area (Å²) in [4.78, 5) is 18.8. The molecule has 0 atom stereocenters. The van der Waals surface area contributed by atoms with Crippen molar-refractivity contribution in [3.63, 3.8) is 0 Å². The van der Waals surface area contributed by atoms with Crippen LogP contribution in [0.15, 0.2) is 0 Å². The Bertz CT molecular complexity index is 81.1. The highest BCUT2D eigenvalue weighted by molar-refractivity contribution is 6.63. The minimum absolute atomic E-state index is 0.273. The lowest BCUT2D eigenvalue weighted by Crippen LogP contribution is -1.74. The number of aldehydes is 1. The monoisotopic (exact) mass is 150 g/mol. The molecule has 0 aliphatic heterocycles. The fourth-order valence-electron chi connectivity index (χ4n) is 0. The lowest BCUT2D eigenvalue weighted by atomic mass is 10.6. The van der Waals surface area contributed by atoms with Crippen LogP contribution in [0.4, 0.5) is 0 Å². The van der Waals surface area contributed by atoms with E-state index >= 15 is 0 Å². The lowest BCUT2D eigenvalue weighted by molar-refractivity contribution is -0.111. The molecule has 0 spiro atoms. The molecule has 3 heteroatoms. The summed E-state index contributed by atoms with van der Waals surface area (Å²) in [5.74, 6) is 0. The third kappa shape index (κ3) is 35.0. The molecule has 0 heterocycles. The van der Waals surface area contributed by atoms with Gasteiger partial charge in [0, 0.05) is 12.8 Å². The molecule has 0 aromatic carbocycles. The van der Waals surface area contributed by atoms with Gasteiger partial charge in [-0.2, -0.15) is 0 Å². The van der Waals surface area contributed by atoms with Crippen molar-refractivity contribution in [2.75, 3.05) is 0 Å². The molecule has 0 radical (unpaired) electrons. The molecule has 0 saturated carbocycles. The SMILES string of the molecule is CCC(=O)Cl.CCC=O. The summed E-state index contributed by atoms with van der Waals surface area (Å²) < 4.78 is 0. The Labute approximate surface area is 60.2 Å². The second kappa shape index (κ2) is 10.6. The van der Waals surface area contributed by atoms with E-state index in [9.17, 15) is 9.59 Å². The highest BCUT2D eigenvalue weighted by Gasteiger charge is 1.81. The van der Waals surface area contributed by atoms with Crippen molar-refractivity contribution in [1.82, 2.24) is 0 Å². The van der Waals surface area contributed by atoms with Crippen molar-refractivity contribution >= 4 is 23.1 Å². The first-order valence-electron chi connectivity index (χ1n) is 2.80. The van der Waals surface area contributed by atoms with Gasteiger partial charge < -0.3 is 4.79 Å². The maximum absolute atomic E-state index is 9.58. The predicted molar refractivity (Wildman–Crippen MR) is 37.5 cm³/mol. The molecule has 0 amide bonds. The molecule has 0 aromatic rings. The summed E-state index contributed by atoms with van der Waals surface area (Å²) >= 11 is 4.82. The van der Waals surface area contributed by atoms with E-state index in [0.717, 1.165) is 6.29 Å². The van der Waals surface area contributed by atoms with Crippen LogP contribution < -0.4 is 0 Å². The first kappa shape index (κ1) is 11.4. The summed E-state index contributed by atoms with van der Waals surface area (Å²) in [6, 6.07) is 0. The third-order valence-electron chi connectivity index (χ3n) is 0.445. The van der Waals surface area contributed by atoms with E-state index in [0.29, 0.717) is 12.8 Å². The third-order valence-corrected chi connectivity index (χ3v) is 0.712. The molecule has 54 valence electrons. The van der Waals surface area contributed by atoms with Gasteiger partial charge in [-0.3, -0.25) is 4.79 Å². The van der Waals surface area contributed by atoms with Gasteiger partial charge in [-0.1, -0.05) is 13.8 Å². The zero-order valence-electron chi connectivity index (χ0n) is 5.69. The molecule has 0 bridgehead atoms. The van der Waals surface area contributed by atoms with Crippen molar-refractivity contribution in [2.45, 2.75) is 26.7 Å². The van der Waals surface area contributed by atoms with Crippen LogP contribution in [0.3, 0.4) is 0 Å². The Kier molecular flexibility index (Phi) is 13.4. The van der Waals surface area contributed by atoms with Crippen LogP contribution in [0.2, 0.25) is 0 Å². The highest BCUT2D eigenvalue weighted by Crippen LogP contribution is 1.81. The maximum Gasteiger partial charge on any atom is 0.221 e. The van der Waals surface area contributed by atoms with Gasteiger partial charge in [0.15, 0.2) is 0 Å². The first-order chi connectivity index (χ1) is 4.18. The number of hydrogen-bond donors (Lipinski definition) is 0. The van der Waals surface area contributed by atoms with Crippen LogP contribution in [0.5, 0.6) is 0 Å². The minimum Gasteiger partial charge on any atom is -0.303 e. The number of halogens is 1. The number of carbonyl (C=O) groups excluding carboxylic acids is 2. The Hall–Kier alpha value is -0.370. The molecule has 9 heavy (non-hydrogen) atoms. The average molecular weight is 151 g/mol. The van der Waals surface area contributed by atoms with Crippen molar-refractivity contribution < 1.29 is 9.59 Å². The summed E-state index contributed by atoms with van der Waals surface area (Å²) in [5.41, 5.74) is 0. The van der Waals surface area contributed by atoms with Crippen LogP contribution in [0.1, 0.15) is 26.7 Å². The zero-order valence-corrected chi connectivity index (χ0v) is 6.44. The predicted octanol–water partition coefficient (Wildman–Crippen LogP) is 1.76. The van der Waals surface area contributed by atoms with E-state index in [4.69, 9.17) is 11.6 Å². The molecule has 0 unspecified atom stereocenters. The molecule has 0 N–H and O–H groups in total. The molecular weight excluding hydrogens is 140 g/mol. The zero-order chi connectivity index (χ0) is 7.70. The minimum atomic E-state index is -0.273. The van der Waals surface area contributed by atoms with Gasteiger partial charge in [0.1, 0.15) is 6.29 Å². The van der Waals surface area contributed by atoms with Gasteiger partial charge in [-0.15, -0.1) is 0 Å². The van der Waals surface area contributed by atoms with Crippen molar-refractivity contribution in [1.29, 1.82) is 0 Å². The standard InChI is InChI=1S/C3H5ClO.C3H6O/c1-2-3(4)5;1-2-3-4/h2H2,1H3;3H,2H2,1H3. The molecule has 0 fully saturated rings. The van der Waals surface area contributed by atoms with Crippen LogP contribution >= 0.6 is 11.6 Å². The average Bonchev–Trinajstić information content (AvgIpc) is 1.89. The smallest absolute Gasteiger partial charge is 0.221 e. The molecule has 0 aromatic heterocycles. The Morgan fingerprint density at radius 3 is 1.78 bits per heavy atom. The highest BCUT2D eigenvalue weighted by atomic mass is 35.5. The van der Waals surface area contributed by atoms with Gasteiger partial charge in [-0.05, 0) is 11.6 Å². The molecule has 0 saturated heterocycles. The largest absolute Gasteiger partial charge is 0.303 e.